The number of aryl methyl sites for hydroxylation is 1. The standard InChI is InChI=1S/C17H27N5O/c1-3-18-17-19-13(2)12-15(20-17)21-8-10-22(11-9-21)16(23)14-6-4-5-7-14/h12,14H,3-11H2,1-2H3,(H,18,19,20). The largest absolute Gasteiger partial charge is 0.354 e. The molecule has 2 fully saturated rings. The van der Waals surface area contributed by atoms with Crippen LogP contribution in [0.4, 0.5) is 11.8 Å². The van der Waals surface area contributed by atoms with Crippen LogP contribution in [0.1, 0.15) is 38.3 Å². The Labute approximate surface area is 138 Å². The maximum atomic E-state index is 12.5. The van der Waals surface area contributed by atoms with Crippen LogP contribution >= 0.6 is 0 Å². The number of carbonyl (C=O) groups is 1. The van der Waals surface area contributed by atoms with E-state index in [-0.39, 0.29) is 5.92 Å². The van der Waals surface area contributed by atoms with Crippen molar-refractivity contribution in [3.63, 3.8) is 0 Å². The van der Waals surface area contributed by atoms with Gasteiger partial charge in [0.25, 0.3) is 0 Å². The van der Waals surface area contributed by atoms with Crippen LogP contribution in [0.2, 0.25) is 0 Å². The van der Waals surface area contributed by atoms with Gasteiger partial charge in [-0.2, -0.15) is 4.98 Å². The second kappa shape index (κ2) is 7.15. The number of rotatable bonds is 4. The molecule has 3 rings (SSSR count). The van der Waals surface area contributed by atoms with E-state index in [9.17, 15) is 4.79 Å². The Morgan fingerprint density at radius 2 is 1.91 bits per heavy atom. The van der Waals surface area contributed by atoms with Gasteiger partial charge in [0, 0.05) is 50.4 Å². The van der Waals surface area contributed by atoms with Crippen LogP contribution in [0.5, 0.6) is 0 Å². The first-order valence-electron chi connectivity index (χ1n) is 8.80. The van der Waals surface area contributed by atoms with Crippen LogP contribution in [0.15, 0.2) is 6.07 Å². The molecule has 2 heterocycles. The predicted molar refractivity (Wildman–Crippen MR) is 91.7 cm³/mol. The van der Waals surface area contributed by atoms with Gasteiger partial charge in [0.05, 0.1) is 0 Å². The lowest BCUT2D eigenvalue weighted by Gasteiger charge is -2.36. The summed E-state index contributed by atoms with van der Waals surface area (Å²) in [6, 6.07) is 2.02. The molecule has 0 aromatic carbocycles. The van der Waals surface area contributed by atoms with Gasteiger partial charge in [0.2, 0.25) is 11.9 Å². The van der Waals surface area contributed by atoms with Crippen LogP contribution in [-0.2, 0) is 4.79 Å². The lowest BCUT2D eigenvalue weighted by Crippen LogP contribution is -2.50. The van der Waals surface area contributed by atoms with E-state index < -0.39 is 0 Å². The fourth-order valence-corrected chi connectivity index (χ4v) is 3.54. The molecule has 0 bridgehead atoms. The van der Waals surface area contributed by atoms with Gasteiger partial charge in [0.15, 0.2) is 0 Å². The number of nitrogens with zero attached hydrogens (tertiary/aromatic N) is 4. The average molecular weight is 317 g/mol. The van der Waals surface area contributed by atoms with Crippen molar-refractivity contribution in [2.45, 2.75) is 39.5 Å². The highest BCUT2D eigenvalue weighted by Crippen LogP contribution is 2.27. The molecule has 0 atom stereocenters. The van der Waals surface area contributed by atoms with Crippen molar-refractivity contribution in [2.24, 2.45) is 5.92 Å². The number of nitrogens with one attached hydrogen (secondary N) is 1. The van der Waals surface area contributed by atoms with Gasteiger partial charge >= 0.3 is 0 Å². The minimum atomic E-state index is 0.281. The zero-order valence-corrected chi connectivity index (χ0v) is 14.2. The molecule has 0 unspecified atom stereocenters. The normalized spacial score (nSPS) is 19.2. The summed E-state index contributed by atoms with van der Waals surface area (Å²) in [5, 5.41) is 3.18. The molecule has 1 saturated carbocycles. The van der Waals surface area contributed by atoms with Crippen LogP contribution in [0, 0.1) is 12.8 Å². The summed E-state index contributed by atoms with van der Waals surface area (Å²) in [4.78, 5) is 25.8. The maximum absolute atomic E-state index is 12.5. The molecule has 23 heavy (non-hydrogen) atoms. The third kappa shape index (κ3) is 3.74. The topological polar surface area (TPSA) is 61.4 Å². The van der Waals surface area contributed by atoms with Gasteiger partial charge in [-0.3, -0.25) is 4.79 Å². The van der Waals surface area contributed by atoms with Crippen LogP contribution in [-0.4, -0.2) is 53.5 Å². The quantitative estimate of drug-likeness (QED) is 0.921. The highest BCUT2D eigenvalue weighted by atomic mass is 16.2. The Morgan fingerprint density at radius 3 is 2.57 bits per heavy atom. The molecular weight excluding hydrogens is 290 g/mol. The van der Waals surface area contributed by atoms with E-state index >= 15 is 0 Å². The van der Waals surface area contributed by atoms with E-state index in [0.29, 0.717) is 11.9 Å². The molecule has 1 aromatic rings. The summed E-state index contributed by atoms with van der Waals surface area (Å²) in [5.74, 6) is 2.30. The van der Waals surface area contributed by atoms with Crippen LogP contribution in [0.3, 0.4) is 0 Å². The third-order valence-corrected chi connectivity index (χ3v) is 4.80. The number of carbonyl (C=O) groups excluding carboxylic acids is 1. The molecule has 1 N–H and O–H groups in total. The summed E-state index contributed by atoms with van der Waals surface area (Å²) in [6.45, 7) is 8.14. The minimum absolute atomic E-state index is 0.281. The van der Waals surface area contributed by atoms with Gasteiger partial charge in [-0.05, 0) is 26.7 Å². The van der Waals surface area contributed by atoms with Crippen molar-refractivity contribution in [1.29, 1.82) is 0 Å². The van der Waals surface area contributed by atoms with Gasteiger partial charge in [0.1, 0.15) is 5.82 Å². The number of piperazine rings is 1. The highest BCUT2D eigenvalue weighted by Gasteiger charge is 2.29. The maximum Gasteiger partial charge on any atom is 0.225 e. The molecule has 6 nitrogen and oxygen atoms in total. The Morgan fingerprint density at radius 1 is 1.22 bits per heavy atom. The van der Waals surface area contributed by atoms with E-state index in [2.05, 4.69) is 20.2 Å². The SMILES string of the molecule is CCNc1nc(C)cc(N2CCN(C(=O)C3CCCC3)CC2)n1. The van der Waals surface area contributed by atoms with Crippen LogP contribution in [0.25, 0.3) is 0 Å². The minimum Gasteiger partial charge on any atom is -0.354 e. The summed E-state index contributed by atoms with van der Waals surface area (Å²) in [7, 11) is 0. The Bertz CT molecular complexity index is 548. The van der Waals surface area contributed by atoms with Crippen molar-refractivity contribution in [1.82, 2.24) is 14.9 Å². The third-order valence-electron chi connectivity index (χ3n) is 4.80. The molecule has 0 radical (unpaired) electrons. The second-order valence-electron chi connectivity index (χ2n) is 6.52. The lowest BCUT2D eigenvalue weighted by atomic mass is 10.1. The van der Waals surface area contributed by atoms with Gasteiger partial charge in [-0.15, -0.1) is 0 Å². The van der Waals surface area contributed by atoms with E-state index in [1.807, 2.05) is 24.8 Å². The molecule has 126 valence electrons. The summed E-state index contributed by atoms with van der Waals surface area (Å²) in [6.07, 6.45) is 4.58. The van der Waals surface area contributed by atoms with Crippen molar-refractivity contribution in [2.75, 3.05) is 42.9 Å². The molecule has 2 aliphatic rings. The van der Waals surface area contributed by atoms with Gasteiger partial charge in [-0.1, -0.05) is 12.8 Å². The fraction of sp³-hybridized carbons (Fsp3) is 0.706. The molecule has 1 aromatic heterocycles. The fourth-order valence-electron chi connectivity index (χ4n) is 3.54. The lowest BCUT2D eigenvalue weighted by molar-refractivity contribution is -0.135. The second-order valence-corrected chi connectivity index (χ2v) is 6.52. The van der Waals surface area contributed by atoms with Gasteiger partial charge in [-0.25, -0.2) is 4.98 Å². The van der Waals surface area contributed by atoms with Crippen molar-refractivity contribution < 1.29 is 4.79 Å². The van der Waals surface area contributed by atoms with Crippen molar-refractivity contribution in [3.05, 3.63) is 11.8 Å². The Balaban J connectivity index is 1.61. The first-order valence-corrected chi connectivity index (χ1v) is 8.80. The number of hydrogen-bond donors (Lipinski definition) is 1. The van der Waals surface area contributed by atoms with E-state index in [4.69, 9.17) is 0 Å². The molecule has 1 aliphatic carbocycles. The number of hydrogen-bond acceptors (Lipinski definition) is 5. The summed E-state index contributed by atoms with van der Waals surface area (Å²) >= 11 is 0. The molecule has 1 aliphatic heterocycles. The molecular formula is C17H27N5O. The first-order chi connectivity index (χ1) is 11.2. The van der Waals surface area contributed by atoms with Crippen LogP contribution < -0.4 is 10.2 Å². The molecule has 0 spiro atoms. The van der Waals surface area contributed by atoms with E-state index in [0.717, 1.165) is 57.1 Å². The number of aromatic nitrogens is 2. The Kier molecular flexibility index (Phi) is 4.98. The number of amides is 1. The smallest absolute Gasteiger partial charge is 0.225 e. The highest BCUT2D eigenvalue weighted by molar-refractivity contribution is 5.79. The van der Waals surface area contributed by atoms with E-state index in [1.54, 1.807) is 0 Å². The summed E-state index contributed by atoms with van der Waals surface area (Å²) < 4.78 is 0. The van der Waals surface area contributed by atoms with Crippen molar-refractivity contribution in [3.8, 4) is 0 Å². The zero-order valence-electron chi connectivity index (χ0n) is 14.2. The van der Waals surface area contributed by atoms with E-state index in [1.165, 1.54) is 12.8 Å². The number of anilines is 2. The first kappa shape index (κ1) is 16.0. The summed E-state index contributed by atoms with van der Waals surface area (Å²) in [5.41, 5.74) is 0.968. The van der Waals surface area contributed by atoms with Crippen molar-refractivity contribution >= 4 is 17.7 Å². The molecule has 1 amide bonds. The Hall–Kier alpha value is -1.85. The zero-order chi connectivity index (χ0) is 16.2. The molecule has 6 heteroatoms. The molecule has 1 saturated heterocycles. The monoisotopic (exact) mass is 317 g/mol. The average Bonchev–Trinajstić information content (AvgIpc) is 3.08. The predicted octanol–water partition coefficient (Wildman–Crippen LogP) is 2.06. The van der Waals surface area contributed by atoms with Gasteiger partial charge < -0.3 is 15.1 Å².